The van der Waals surface area contributed by atoms with Crippen LogP contribution >= 0.6 is 0 Å². The number of halogens is 3. The molecule has 2 N–H and O–H groups in total. The SMILES string of the molecule is CC(C)C(C(=O)NCc1cccc(NC(=O)c2cccc(F)c2)c1)n1cnc2cc(F)c(F)cc21. The van der Waals surface area contributed by atoms with Crippen molar-refractivity contribution in [3.63, 3.8) is 0 Å². The van der Waals surface area contributed by atoms with Crippen LogP contribution in [0.4, 0.5) is 18.9 Å². The topological polar surface area (TPSA) is 76.0 Å². The van der Waals surface area contributed by atoms with Crippen molar-refractivity contribution in [3.8, 4) is 0 Å². The van der Waals surface area contributed by atoms with E-state index in [9.17, 15) is 22.8 Å². The minimum absolute atomic E-state index is 0.168. The van der Waals surface area contributed by atoms with E-state index >= 15 is 0 Å². The molecule has 0 radical (unpaired) electrons. The Labute approximate surface area is 199 Å². The number of amides is 2. The maximum Gasteiger partial charge on any atom is 0.255 e. The fourth-order valence-electron chi connectivity index (χ4n) is 3.88. The fourth-order valence-corrected chi connectivity index (χ4v) is 3.88. The lowest BCUT2D eigenvalue weighted by Gasteiger charge is -2.22. The third kappa shape index (κ3) is 5.34. The smallest absolute Gasteiger partial charge is 0.255 e. The number of carbonyl (C=O) groups is 2. The monoisotopic (exact) mass is 480 g/mol. The van der Waals surface area contributed by atoms with Gasteiger partial charge in [0.05, 0.1) is 17.4 Å². The first-order valence-corrected chi connectivity index (χ1v) is 11.0. The second-order valence-corrected chi connectivity index (χ2v) is 8.48. The molecule has 3 aromatic carbocycles. The first kappa shape index (κ1) is 24.0. The van der Waals surface area contributed by atoms with Crippen LogP contribution in [0.1, 0.15) is 35.8 Å². The van der Waals surface area contributed by atoms with E-state index in [0.717, 1.165) is 23.8 Å². The van der Waals surface area contributed by atoms with Gasteiger partial charge in [0.15, 0.2) is 11.6 Å². The Morgan fingerprint density at radius 1 is 0.971 bits per heavy atom. The van der Waals surface area contributed by atoms with Crippen molar-refractivity contribution in [2.45, 2.75) is 26.4 Å². The van der Waals surface area contributed by atoms with Gasteiger partial charge in [0.2, 0.25) is 5.91 Å². The van der Waals surface area contributed by atoms with Gasteiger partial charge in [-0.1, -0.05) is 32.0 Å². The lowest BCUT2D eigenvalue weighted by molar-refractivity contribution is -0.125. The summed E-state index contributed by atoms with van der Waals surface area (Å²) >= 11 is 0. The number of carbonyl (C=O) groups excluding carboxylic acids is 2. The summed E-state index contributed by atoms with van der Waals surface area (Å²) in [5.74, 6) is -3.47. The highest BCUT2D eigenvalue weighted by Gasteiger charge is 2.26. The molecule has 0 aliphatic rings. The summed E-state index contributed by atoms with van der Waals surface area (Å²) in [6, 6.07) is 13.6. The van der Waals surface area contributed by atoms with Gasteiger partial charge in [-0.2, -0.15) is 0 Å². The van der Waals surface area contributed by atoms with Crippen molar-refractivity contribution in [2.24, 2.45) is 5.92 Å². The van der Waals surface area contributed by atoms with Gasteiger partial charge in [-0.25, -0.2) is 18.2 Å². The fraction of sp³-hybridized carbons (Fsp3) is 0.192. The first-order chi connectivity index (χ1) is 16.7. The molecule has 35 heavy (non-hydrogen) atoms. The molecule has 0 spiro atoms. The van der Waals surface area contributed by atoms with Gasteiger partial charge in [-0.15, -0.1) is 0 Å². The summed E-state index contributed by atoms with van der Waals surface area (Å²) in [4.78, 5) is 29.6. The molecule has 9 heteroatoms. The molecule has 180 valence electrons. The van der Waals surface area contributed by atoms with Crippen LogP contribution < -0.4 is 10.6 Å². The molecule has 1 unspecified atom stereocenters. The molecule has 1 heterocycles. The van der Waals surface area contributed by atoms with Gasteiger partial charge in [0, 0.05) is 29.9 Å². The van der Waals surface area contributed by atoms with Crippen molar-refractivity contribution in [1.29, 1.82) is 0 Å². The van der Waals surface area contributed by atoms with Crippen LogP contribution in [0.25, 0.3) is 11.0 Å². The number of nitrogens with zero attached hydrogens (tertiary/aromatic N) is 2. The molecule has 1 aromatic heterocycles. The van der Waals surface area contributed by atoms with Gasteiger partial charge < -0.3 is 15.2 Å². The molecule has 0 aliphatic heterocycles. The van der Waals surface area contributed by atoms with Gasteiger partial charge >= 0.3 is 0 Å². The second kappa shape index (κ2) is 10.0. The Hall–Kier alpha value is -4.14. The number of nitrogens with one attached hydrogen (secondary N) is 2. The highest BCUT2D eigenvalue weighted by Crippen LogP contribution is 2.26. The zero-order valence-corrected chi connectivity index (χ0v) is 19.1. The highest BCUT2D eigenvalue weighted by molar-refractivity contribution is 6.04. The van der Waals surface area contributed by atoms with Crippen LogP contribution in [-0.4, -0.2) is 21.4 Å². The van der Waals surface area contributed by atoms with E-state index in [1.165, 1.54) is 29.1 Å². The molecule has 6 nitrogen and oxygen atoms in total. The Balaban J connectivity index is 1.47. The number of anilines is 1. The largest absolute Gasteiger partial charge is 0.350 e. The van der Waals surface area contributed by atoms with Crippen LogP contribution in [0.15, 0.2) is 67.0 Å². The predicted octanol–water partition coefficient (Wildman–Crippen LogP) is 5.22. The maximum absolute atomic E-state index is 13.8. The second-order valence-electron chi connectivity index (χ2n) is 8.48. The number of imidazole rings is 1. The van der Waals surface area contributed by atoms with Crippen molar-refractivity contribution >= 4 is 28.5 Å². The Bertz CT molecular complexity index is 1400. The van der Waals surface area contributed by atoms with Gasteiger partial charge in [0.25, 0.3) is 5.91 Å². The standard InChI is InChI=1S/C26H23F3N4O2/c1-15(2)24(33-14-31-22-11-20(28)21(29)12-23(22)33)26(35)30-13-16-5-3-8-19(9-16)32-25(34)17-6-4-7-18(27)10-17/h3-12,14-15,24H,13H2,1-2H3,(H,30,35)(H,32,34). The molecular formula is C26H23F3N4O2. The quantitative estimate of drug-likeness (QED) is 0.381. The minimum atomic E-state index is -1.01. The molecule has 0 saturated carbocycles. The van der Waals surface area contributed by atoms with Crippen molar-refractivity contribution in [1.82, 2.24) is 14.9 Å². The Morgan fingerprint density at radius 2 is 1.71 bits per heavy atom. The maximum atomic E-state index is 13.8. The average Bonchev–Trinajstić information content (AvgIpc) is 3.20. The van der Waals surface area contributed by atoms with Crippen LogP contribution in [0.2, 0.25) is 0 Å². The van der Waals surface area contributed by atoms with E-state index in [-0.39, 0.29) is 29.4 Å². The minimum Gasteiger partial charge on any atom is -0.350 e. The number of aromatic nitrogens is 2. The van der Waals surface area contributed by atoms with Crippen molar-refractivity contribution in [2.75, 3.05) is 5.32 Å². The van der Waals surface area contributed by atoms with Crippen molar-refractivity contribution in [3.05, 3.63) is 95.6 Å². The normalized spacial score (nSPS) is 12.1. The molecule has 0 bridgehead atoms. The zero-order chi connectivity index (χ0) is 25.1. The summed E-state index contributed by atoms with van der Waals surface area (Å²) in [5.41, 5.74) is 1.97. The summed E-state index contributed by atoms with van der Waals surface area (Å²) in [7, 11) is 0. The molecule has 4 rings (SSSR count). The number of fused-ring (bicyclic) bond motifs is 1. The van der Waals surface area contributed by atoms with Crippen LogP contribution in [0.3, 0.4) is 0 Å². The van der Waals surface area contributed by atoms with E-state index in [2.05, 4.69) is 15.6 Å². The van der Waals surface area contributed by atoms with E-state index < -0.39 is 29.4 Å². The Kier molecular flexibility index (Phi) is 6.86. The van der Waals surface area contributed by atoms with Crippen LogP contribution in [0.5, 0.6) is 0 Å². The molecule has 2 amide bonds. The summed E-state index contributed by atoms with van der Waals surface area (Å²) in [5, 5.41) is 5.57. The molecule has 4 aromatic rings. The van der Waals surface area contributed by atoms with Crippen LogP contribution in [-0.2, 0) is 11.3 Å². The third-order valence-corrected chi connectivity index (χ3v) is 5.56. The number of hydrogen-bond acceptors (Lipinski definition) is 3. The van der Waals surface area contributed by atoms with E-state index in [1.807, 2.05) is 13.8 Å². The molecule has 0 saturated heterocycles. The summed E-state index contributed by atoms with van der Waals surface area (Å²) < 4.78 is 42.3. The van der Waals surface area contributed by atoms with Gasteiger partial charge in [0.1, 0.15) is 11.9 Å². The molecular weight excluding hydrogens is 457 g/mol. The lowest BCUT2D eigenvalue weighted by atomic mass is 10.0. The van der Waals surface area contributed by atoms with Gasteiger partial charge in [-0.3, -0.25) is 9.59 Å². The van der Waals surface area contributed by atoms with Gasteiger partial charge in [-0.05, 0) is 41.8 Å². The van der Waals surface area contributed by atoms with E-state index in [1.54, 1.807) is 24.3 Å². The molecule has 0 aliphatic carbocycles. The van der Waals surface area contributed by atoms with Crippen LogP contribution in [0, 0.1) is 23.4 Å². The Morgan fingerprint density at radius 3 is 2.46 bits per heavy atom. The lowest BCUT2D eigenvalue weighted by Crippen LogP contribution is -2.35. The highest BCUT2D eigenvalue weighted by atomic mass is 19.2. The average molecular weight is 480 g/mol. The van der Waals surface area contributed by atoms with Crippen molar-refractivity contribution < 1.29 is 22.8 Å². The molecule has 1 atom stereocenters. The zero-order valence-electron chi connectivity index (χ0n) is 19.1. The first-order valence-electron chi connectivity index (χ1n) is 11.0. The predicted molar refractivity (Wildman–Crippen MR) is 126 cm³/mol. The molecule has 0 fully saturated rings. The number of hydrogen-bond donors (Lipinski definition) is 2. The third-order valence-electron chi connectivity index (χ3n) is 5.56. The van der Waals surface area contributed by atoms with E-state index in [4.69, 9.17) is 0 Å². The number of rotatable bonds is 7. The van der Waals surface area contributed by atoms with E-state index in [0.29, 0.717) is 11.2 Å². The summed E-state index contributed by atoms with van der Waals surface area (Å²) in [6.45, 7) is 3.86. The number of benzene rings is 3. The summed E-state index contributed by atoms with van der Waals surface area (Å²) in [6.07, 6.45) is 1.40.